The fraction of sp³-hybridized carbons (Fsp3) is 0.667. The number of carbonyl (C=O) groups is 1. The number of carboxylic acid groups (broad SMARTS) is 1. The van der Waals surface area contributed by atoms with Crippen molar-refractivity contribution in [2.45, 2.75) is 13.8 Å². The summed E-state index contributed by atoms with van der Waals surface area (Å²) >= 11 is 8.02. The van der Waals surface area contributed by atoms with E-state index in [0.717, 1.165) is 9.46 Å². The van der Waals surface area contributed by atoms with E-state index in [1.807, 2.05) is 19.9 Å². The molecule has 0 aromatic rings. The molecule has 13 heavy (non-hydrogen) atoms. The van der Waals surface area contributed by atoms with Gasteiger partial charge in [0.25, 0.3) is 0 Å². The van der Waals surface area contributed by atoms with E-state index in [2.05, 4.69) is 22.6 Å². The average Bonchev–Trinajstić information content (AvgIpc) is 2.53. The van der Waals surface area contributed by atoms with Gasteiger partial charge in [0, 0.05) is 9.46 Å². The molecular weight excluding hydrogens is 302 g/mol. The highest BCUT2D eigenvalue weighted by atomic mass is 127. The van der Waals surface area contributed by atoms with Crippen molar-refractivity contribution in [1.29, 1.82) is 0 Å². The van der Waals surface area contributed by atoms with Crippen LogP contribution in [0.5, 0.6) is 0 Å². The Morgan fingerprint density at radius 3 is 2.54 bits per heavy atom. The van der Waals surface area contributed by atoms with Gasteiger partial charge >= 0.3 is 5.97 Å². The number of alkyl halides is 1. The van der Waals surface area contributed by atoms with Crippen molar-refractivity contribution < 1.29 is 9.90 Å². The molecule has 0 spiro atoms. The third-order valence-corrected chi connectivity index (χ3v) is 4.20. The van der Waals surface area contributed by atoms with Crippen LogP contribution >= 0.6 is 34.2 Å². The Hall–Kier alpha value is 0.230. The second kappa shape index (κ2) is 3.77. The standard InChI is InChI=1S/C9H12ClIO2/c1-9(2)6(3-5(10)4-11)7(9)8(12)13/h3,6-7H,4H2,1-2H3,(H,12,13)/b5-3-. The second-order valence-corrected chi connectivity index (χ2v) is 5.16. The lowest BCUT2D eigenvalue weighted by Crippen LogP contribution is -2.03. The predicted octanol–water partition coefficient (Wildman–Crippen LogP) is 2.90. The molecule has 0 amide bonds. The van der Waals surface area contributed by atoms with E-state index < -0.39 is 5.97 Å². The van der Waals surface area contributed by atoms with Gasteiger partial charge in [0.2, 0.25) is 0 Å². The summed E-state index contributed by atoms with van der Waals surface area (Å²) in [7, 11) is 0. The SMILES string of the molecule is CC1(C)C(/C=C(\Cl)CI)C1C(=O)O. The highest BCUT2D eigenvalue weighted by Gasteiger charge is 2.60. The Kier molecular flexibility index (Phi) is 3.28. The van der Waals surface area contributed by atoms with E-state index in [1.54, 1.807) is 0 Å². The van der Waals surface area contributed by atoms with Crippen molar-refractivity contribution in [3.8, 4) is 0 Å². The molecule has 4 heteroatoms. The third kappa shape index (κ3) is 2.18. The molecule has 74 valence electrons. The minimum atomic E-state index is -0.718. The molecule has 0 saturated heterocycles. The molecule has 1 N–H and O–H groups in total. The molecular formula is C9H12ClIO2. The van der Waals surface area contributed by atoms with Gasteiger partial charge in [0.05, 0.1) is 5.92 Å². The van der Waals surface area contributed by atoms with E-state index in [4.69, 9.17) is 16.7 Å². The lowest BCUT2D eigenvalue weighted by atomic mass is 10.1. The van der Waals surface area contributed by atoms with Crippen molar-refractivity contribution in [2.75, 3.05) is 4.43 Å². The molecule has 1 aliphatic rings. The van der Waals surface area contributed by atoms with Crippen LogP contribution in [0.1, 0.15) is 13.8 Å². The van der Waals surface area contributed by atoms with Crippen LogP contribution < -0.4 is 0 Å². The Labute approximate surface area is 96.5 Å². The van der Waals surface area contributed by atoms with E-state index in [1.165, 1.54) is 0 Å². The number of aliphatic carboxylic acids is 1. The molecule has 0 aromatic carbocycles. The summed E-state index contributed by atoms with van der Waals surface area (Å²) in [4.78, 5) is 10.8. The van der Waals surface area contributed by atoms with Crippen LogP contribution in [-0.4, -0.2) is 15.5 Å². The van der Waals surface area contributed by atoms with Crippen molar-refractivity contribution in [2.24, 2.45) is 17.3 Å². The van der Waals surface area contributed by atoms with E-state index in [9.17, 15) is 4.79 Å². The molecule has 1 saturated carbocycles. The summed E-state index contributed by atoms with van der Waals surface area (Å²) in [5, 5.41) is 9.62. The molecule has 0 bridgehead atoms. The third-order valence-electron chi connectivity index (χ3n) is 2.66. The molecule has 0 heterocycles. The maximum atomic E-state index is 10.8. The minimum Gasteiger partial charge on any atom is -0.481 e. The quantitative estimate of drug-likeness (QED) is 0.642. The largest absolute Gasteiger partial charge is 0.481 e. The lowest BCUT2D eigenvalue weighted by Gasteiger charge is -1.97. The Morgan fingerprint density at radius 1 is 1.69 bits per heavy atom. The van der Waals surface area contributed by atoms with Crippen LogP contribution in [0.3, 0.4) is 0 Å². The van der Waals surface area contributed by atoms with Crippen LogP contribution in [0.25, 0.3) is 0 Å². The number of halogens is 2. The molecule has 1 rings (SSSR count). The summed E-state index contributed by atoms with van der Waals surface area (Å²) in [6, 6.07) is 0. The van der Waals surface area contributed by atoms with Gasteiger partial charge in [-0.05, 0) is 11.3 Å². The lowest BCUT2D eigenvalue weighted by molar-refractivity contribution is -0.139. The first kappa shape index (κ1) is 11.3. The first-order valence-electron chi connectivity index (χ1n) is 4.06. The van der Waals surface area contributed by atoms with E-state index in [-0.39, 0.29) is 17.3 Å². The van der Waals surface area contributed by atoms with Gasteiger partial charge in [-0.2, -0.15) is 0 Å². The van der Waals surface area contributed by atoms with Crippen LogP contribution in [0.2, 0.25) is 0 Å². The fourth-order valence-corrected chi connectivity index (χ4v) is 2.09. The monoisotopic (exact) mass is 314 g/mol. The van der Waals surface area contributed by atoms with Gasteiger partial charge in [0.15, 0.2) is 0 Å². The zero-order valence-electron chi connectivity index (χ0n) is 7.55. The molecule has 0 aromatic heterocycles. The van der Waals surface area contributed by atoms with Crippen LogP contribution in [-0.2, 0) is 4.79 Å². The summed E-state index contributed by atoms with van der Waals surface area (Å²) < 4.78 is 0.748. The van der Waals surface area contributed by atoms with Crippen LogP contribution in [0, 0.1) is 17.3 Å². The fourth-order valence-electron chi connectivity index (χ4n) is 1.70. The van der Waals surface area contributed by atoms with Gasteiger partial charge < -0.3 is 5.11 Å². The molecule has 1 fully saturated rings. The van der Waals surface area contributed by atoms with Crippen molar-refractivity contribution in [3.05, 3.63) is 11.1 Å². The van der Waals surface area contributed by atoms with Crippen LogP contribution in [0.15, 0.2) is 11.1 Å². The number of hydrogen-bond acceptors (Lipinski definition) is 1. The van der Waals surface area contributed by atoms with Gasteiger partial charge in [-0.1, -0.05) is 54.1 Å². The summed E-state index contributed by atoms with van der Waals surface area (Å²) in [6.45, 7) is 3.93. The Balaban J connectivity index is 2.71. The molecule has 2 nitrogen and oxygen atoms in total. The first-order valence-corrected chi connectivity index (χ1v) is 5.96. The van der Waals surface area contributed by atoms with Gasteiger partial charge in [-0.3, -0.25) is 4.79 Å². The average molecular weight is 315 g/mol. The molecule has 0 radical (unpaired) electrons. The maximum Gasteiger partial charge on any atom is 0.307 e. The van der Waals surface area contributed by atoms with E-state index in [0.29, 0.717) is 0 Å². The number of rotatable bonds is 3. The number of hydrogen-bond donors (Lipinski definition) is 1. The number of allylic oxidation sites excluding steroid dienone is 2. The highest BCUT2D eigenvalue weighted by Crippen LogP contribution is 2.59. The van der Waals surface area contributed by atoms with Crippen LogP contribution in [0.4, 0.5) is 0 Å². The van der Waals surface area contributed by atoms with Crippen molar-refractivity contribution >= 4 is 40.2 Å². The van der Waals surface area contributed by atoms with E-state index >= 15 is 0 Å². The van der Waals surface area contributed by atoms with Crippen molar-refractivity contribution in [1.82, 2.24) is 0 Å². The zero-order valence-corrected chi connectivity index (χ0v) is 10.5. The van der Waals surface area contributed by atoms with Gasteiger partial charge in [-0.15, -0.1) is 0 Å². The Bertz CT molecular complexity index is 260. The van der Waals surface area contributed by atoms with Gasteiger partial charge in [0.1, 0.15) is 0 Å². The summed E-state index contributed by atoms with van der Waals surface area (Å²) in [5.74, 6) is -0.874. The highest BCUT2D eigenvalue weighted by molar-refractivity contribution is 14.1. The smallest absolute Gasteiger partial charge is 0.307 e. The topological polar surface area (TPSA) is 37.3 Å². The van der Waals surface area contributed by atoms with Gasteiger partial charge in [-0.25, -0.2) is 0 Å². The molecule has 0 aliphatic heterocycles. The summed E-state index contributed by atoms with van der Waals surface area (Å²) in [6.07, 6.45) is 1.88. The minimum absolute atomic E-state index is 0.104. The van der Waals surface area contributed by atoms with Crippen molar-refractivity contribution in [3.63, 3.8) is 0 Å². The number of carboxylic acids is 1. The first-order chi connectivity index (χ1) is 5.91. The summed E-state index contributed by atoms with van der Waals surface area (Å²) in [5.41, 5.74) is -0.127. The molecule has 2 atom stereocenters. The normalized spacial score (nSPS) is 31.5. The molecule has 1 aliphatic carbocycles. The Morgan fingerprint density at radius 2 is 2.23 bits per heavy atom. The zero-order chi connectivity index (χ0) is 10.2. The second-order valence-electron chi connectivity index (χ2n) is 3.91. The molecule has 2 unspecified atom stereocenters. The maximum absolute atomic E-state index is 10.8. The predicted molar refractivity (Wildman–Crippen MR) is 61.2 cm³/mol.